The maximum Gasteiger partial charge on any atom is 0.0491 e. The van der Waals surface area contributed by atoms with Crippen LogP contribution in [0.25, 0.3) is 21.8 Å². The van der Waals surface area contributed by atoms with Crippen molar-refractivity contribution in [3.8, 4) is 0 Å². The Bertz CT molecular complexity index is 786. The lowest BCUT2D eigenvalue weighted by molar-refractivity contribution is 0.634. The molecular weight excluding hydrogens is 280 g/mol. The van der Waals surface area contributed by atoms with Crippen LogP contribution in [0, 0.1) is 5.92 Å². The number of benzene rings is 2. The molecule has 0 radical (unpaired) electrons. The predicted octanol–water partition coefficient (Wildman–Crippen LogP) is 4.65. The van der Waals surface area contributed by atoms with E-state index in [0.717, 1.165) is 6.54 Å². The van der Waals surface area contributed by atoms with Crippen molar-refractivity contribution in [2.24, 2.45) is 11.7 Å². The summed E-state index contributed by atoms with van der Waals surface area (Å²) in [6, 6.07) is 15.7. The first-order valence-electron chi connectivity index (χ1n) is 7.56. The Kier molecular flexibility index (Phi) is 3.68. The Labute approximate surface area is 131 Å². The van der Waals surface area contributed by atoms with E-state index >= 15 is 0 Å². The highest BCUT2D eigenvalue weighted by molar-refractivity contribution is 6.08. The van der Waals surface area contributed by atoms with Gasteiger partial charge >= 0.3 is 0 Å². The van der Waals surface area contributed by atoms with Crippen LogP contribution < -0.4 is 5.73 Å². The molecule has 2 N–H and O–H groups in total. The molecule has 0 unspecified atom stereocenters. The molecule has 110 valence electrons. The highest BCUT2D eigenvalue weighted by atomic mass is 35.5. The molecule has 1 aromatic heterocycles. The van der Waals surface area contributed by atoms with Crippen molar-refractivity contribution in [1.29, 1.82) is 0 Å². The lowest BCUT2D eigenvalue weighted by Crippen LogP contribution is -2.12. The van der Waals surface area contributed by atoms with E-state index in [1.54, 1.807) is 0 Å². The fraction of sp³-hybridized carbons (Fsp3) is 0.333. The number of hydrogen-bond acceptors (Lipinski definition) is 1. The Morgan fingerprint density at radius 2 is 1.81 bits per heavy atom. The van der Waals surface area contributed by atoms with Crippen LogP contribution in [0.2, 0.25) is 0 Å². The average Bonchev–Trinajstić information content (AvgIpc) is 3.29. The highest BCUT2D eigenvalue weighted by Crippen LogP contribution is 2.40. The second kappa shape index (κ2) is 5.36. The fourth-order valence-electron chi connectivity index (χ4n) is 3.35. The molecule has 0 bridgehead atoms. The minimum Gasteiger partial charge on any atom is -0.341 e. The summed E-state index contributed by atoms with van der Waals surface area (Å²) in [5, 5.41) is 2.69. The Morgan fingerprint density at radius 3 is 2.52 bits per heavy atom. The number of aromatic nitrogens is 1. The topological polar surface area (TPSA) is 30.9 Å². The van der Waals surface area contributed by atoms with E-state index in [0.29, 0.717) is 5.92 Å². The lowest BCUT2D eigenvalue weighted by atomic mass is 10.0. The summed E-state index contributed by atoms with van der Waals surface area (Å²) in [6.07, 6.45) is 2.58. The van der Waals surface area contributed by atoms with Gasteiger partial charge in [0.2, 0.25) is 0 Å². The molecule has 1 fully saturated rings. The molecular formula is C18H21ClN2. The third-order valence-electron chi connectivity index (χ3n) is 4.63. The van der Waals surface area contributed by atoms with Crippen LogP contribution in [0.15, 0.2) is 42.5 Å². The second-order valence-electron chi connectivity index (χ2n) is 5.90. The van der Waals surface area contributed by atoms with Gasteiger partial charge in [-0.3, -0.25) is 0 Å². The monoisotopic (exact) mass is 300 g/mol. The smallest absolute Gasteiger partial charge is 0.0491 e. The van der Waals surface area contributed by atoms with Crippen molar-refractivity contribution in [1.82, 2.24) is 4.57 Å². The van der Waals surface area contributed by atoms with Gasteiger partial charge in [0, 0.05) is 34.4 Å². The first-order chi connectivity index (χ1) is 9.79. The summed E-state index contributed by atoms with van der Waals surface area (Å²) >= 11 is 0. The molecule has 2 nitrogen and oxygen atoms in total. The van der Waals surface area contributed by atoms with Gasteiger partial charge in [0.1, 0.15) is 0 Å². The number of fused-ring (bicyclic) bond motifs is 3. The normalized spacial score (nSPS) is 16.1. The predicted molar refractivity (Wildman–Crippen MR) is 92.0 cm³/mol. The molecule has 0 spiro atoms. The summed E-state index contributed by atoms with van der Waals surface area (Å²) in [6.45, 7) is 3.20. The van der Waals surface area contributed by atoms with Crippen molar-refractivity contribution in [3.63, 3.8) is 0 Å². The zero-order valence-electron chi connectivity index (χ0n) is 12.3. The fourth-order valence-corrected chi connectivity index (χ4v) is 3.35. The molecule has 0 amide bonds. The van der Waals surface area contributed by atoms with Gasteiger partial charge in [0.15, 0.2) is 0 Å². The van der Waals surface area contributed by atoms with Crippen LogP contribution in [-0.4, -0.2) is 4.57 Å². The van der Waals surface area contributed by atoms with Gasteiger partial charge < -0.3 is 10.3 Å². The molecule has 1 saturated carbocycles. The van der Waals surface area contributed by atoms with Gasteiger partial charge in [-0.1, -0.05) is 24.3 Å². The minimum absolute atomic E-state index is 0. The van der Waals surface area contributed by atoms with E-state index in [4.69, 9.17) is 5.73 Å². The van der Waals surface area contributed by atoms with E-state index in [1.807, 2.05) is 0 Å². The number of nitrogens with two attached hydrogens (primary N) is 1. The number of rotatable bonds is 3. The van der Waals surface area contributed by atoms with Gasteiger partial charge in [-0.15, -0.1) is 12.4 Å². The molecule has 3 aromatic rings. The molecule has 3 heteroatoms. The van der Waals surface area contributed by atoms with E-state index in [2.05, 4.69) is 54.0 Å². The zero-order valence-corrected chi connectivity index (χ0v) is 13.1. The van der Waals surface area contributed by atoms with Gasteiger partial charge in [-0.25, -0.2) is 0 Å². The lowest BCUT2D eigenvalue weighted by Gasteiger charge is -2.11. The summed E-state index contributed by atoms with van der Waals surface area (Å²) < 4.78 is 2.39. The van der Waals surface area contributed by atoms with E-state index < -0.39 is 0 Å². The summed E-state index contributed by atoms with van der Waals surface area (Å²) in [7, 11) is 0. The highest BCUT2D eigenvalue weighted by Gasteiger charge is 2.29. The van der Waals surface area contributed by atoms with Crippen molar-refractivity contribution in [2.45, 2.75) is 32.4 Å². The summed E-state index contributed by atoms with van der Waals surface area (Å²) in [5.74, 6) is 0.701. The Hall–Kier alpha value is -1.51. The maximum absolute atomic E-state index is 6.37. The number of halogens is 1. The minimum atomic E-state index is 0. The molecule has 21 heavy (non-hydrogen) atoms. The van der Waals surface area contributed by atoms with Gasteiger partial charge in [-0.05, 0) is 49.4 Å². The van der Waals surface area contributed by atoms with Gasteiger partial charge in [0.05, 0.1) is 0 Å². The molecule has 2 aromatic carbocycles. The van der Waals surface area contributed by atoms with Crippen LogP contribution in [0.1, 0.15) is 31.4 Å². The van der Waals surface area contributed by atoms with Crippen molar-refractivity contribution in [2.75, 3.05) is 0 Å². The summed E-state index contributed by atoms with van der Waals surface area (Å²) in [4.78, 5) is 0. The van der Waals surface area contributed by atoms with Crippen LogP contribution in [0.4, 0.5) is 0 Å². The largest absolute Gasteiger partial charge is 0.341 e. The third kappa shape index (κ3) is 2.23. The standard InChI is InChI=1S/C18H20N2.ClH/c1-2-20-16-6-4-3-5-14(16)15-11-13(9-10-17(15)20)18(19)12-7-8-12;/h3-6,9-12,18H,2,7-8,19H2,1H3;1H/t18-;/m1./s1. The van der Waals surface area contributed by atoms with Crippen LogP contribution in [0.3, 0.4) is 0 Å². The number of para-hydroxylation sites is 1. The summed E-state index contributed by atoms with van der Waals surface area (Å²) in [5.41, 5.74) is 10.3. The molecule has 0 aliphatic heterocycles. The number of hydrogen-bond donors (Lipinski definition) is 1. The number of aryl methyl sites for hydroxylation is 1. The SMILES string of the molecule is CCn1c2ccccc2c2cc([C@H](N)C3CC3)ccc21.Cl. The first kappa shape index (κ1) is 14.4. The Morgan fingerprint density at radius 1 is 1.10 bits per heavy atom. The zero-order chi connectivity index (χ0) is 13.7. The van der Waals surface area contributed by atoms with E-state index in [9.17, 15) is 0 Å². The number of nitrogens with zero attached hydrogens (tertiary/aromatic N) is 1. The van der Waals surface area contributed by atoms with Gasteiger partial charge in [0.25, 0.3) is 0 Å². The maximum atomic E-state index is 6.37. The second-order valence-corrected chi connectivity index (χ2v) is 5.90. The van der Waals surface area contributed by atoms with Crippen molar-refractivity contribution < 1.29 is 0 Å². The van der Waals surface area contributed by atoms with Crippen molar-refractivity contribution >= 4 is 34.2 Å². The molecule has 0 saturated heterocycles. The van der Waals surface area contributed by atoms with Crippen molar-refractivity contribution in [3.05, 3.63) is 48.0 Å². The average molecular weight is 301 g/mol. The van der Waals surface area contributed by atoms with Crippen LogP contribution >= 0.6 is 12.4 Å². The molecule has 1 atom stereocenters. The molecule has 1 aliphatic carbocycles. The van der Waals surface area contributed by atoms with Crippen LogP contribution in [-0.2, 0) is 6.54 Å². The van der Waals surface area contributed by atoms with E-state index in [-0.39, 0.29) is 18.4 Å². The van der Waals surface area contributed by atoms with Crippen LogP contribution in [0.5, 0.6) is 0 Å². The molecule has 4 rings (SSSR count). The first-order valence-corrected chi connectivity index (χ1v) is 7.56. The molecule has 1 aliphatic rings. The third-order valence-corrected chi connectivity index (χ3v) is 4.63. The quantitative estimate of drug-likeness (QED) is 0.750. The van der Waals surface area contributed by atoms with Gasteiger partial charge in [-0.2, -0.15) is 0 Å². The van der Waals surface area contributed by atoms with E-state index in [1.165, 1.54) is 40.2 Å². The molecule has 1 heterocycles. The Balaban J connectivity index is 0.00000132.